The zero-order valence-corrected chi connectivity index (χ0v) is 15.2. The number of hydrogen-bond donors (Lipinski definition) is 6. The van der Waals surface area contributed by atoms with Crippen molar-refractivity contribution < 1.29 is 88.0 Å². The van der Waals surface area contributed by atoms with Gasteiger partial charge in [-0.25, -0.2) is 28.8 Å². The van der Waals surface area contributed by atoms with Crippen LogP contribution in [0, 0.1) is 28.6 Å². The van der Waals surface area contributed by atoms with Gasteiger partial charge in [0.25, 0.3) is 0 Å². The topological polar surface area (TPSA) is 224 Å². The minimum absolute atomic E-state index is 0. The molecule has 0 saturated heterocycles. The summed E-state index contributed by atoms with van der Waals surface area (Å²) in [4.78, 5) is 54.6. The number of hydrogen-bond acceptors (Lipinski definition) is 6. The summed E-state index contributed by atoms with van der Waals surface area (Å²) >= 11 is 0. The molecule has 0 aromatic heterocycles. The van der Waals surface area contributed by atoms with Crippen molar-refractivity contribution >= 4 is 35.8 Å². The van der Waals surface area contributed by atoms with Crippen LogP contribution in [0.3, 0.4) is 0 Å². The molecule has 0 rings (SSSR count). The van der Waals surface area contributed by atoms with Crippen molar-refractivity contribution in [2.45, 2.75) is 0 Å². The van der Waals surface area contributed by atoms with Crippen LogP contribution in [0.15, 0.2) is 0 Å². The fourth-order valence-electron chi connectivity index (χ4n) is 0. The molecule has 0 unspecified atom stereocenters. The van der Waals surface area contributed by atoms with Crippen molar-refractivity contribution in [2.75, 3.05) is 0 Å². The van der Waals surface area contributed by atoms with Crippen LogP contribution in [0.1, 0.15) is 0 Å². The summed E-state index contributed by atoms with van der Waals surface area (Å²) in [7, 11) is 0. The van der Waals surface area contributed by atoms with E-state index < -0.39 is 35.8 Å². The minimum Gasteiger partial charge on any atom is -0.473 e. The predicted molar refractivity (Wildman–Crippen MR) is 45.8 cm³/mol. The summed E-state index contributed by atoms with van der Waals surface area (Å²) in [5.74, 6) is -10.9. The normalized spacial score (nSPS) is 6.60. The van der Waals surface area contributed by atoms with E-state index in [9.17, 15) is 0 Å². The van der Waals surface area contributed by atoms with E-state index in [4.69, 9.17) is 59.4 Å². The smallest absolute Gasteiger partial charge is 0.414 e. The average Bonchev–Trinajstić information content (AvgIpc) is 2.18. The zero-order chi connectivity index (χ0) is 15.5. The molecule has 0 aliphatic rings. The van der Waals surface area contributed by atoms with Gasteiger partial charge in [-0.1, -0.05) is 0 Å². The second-order valence-corrected chi connectivity index (χ2v) is 1.83. The van der Waals surface area contributed by atoms with Gasteiger partial charge in [0.05, 0.1) is 0 Å². The monoisotopic (exact) mass is 752 g/mol. The summed E-state index contributed by atoms with van der Waals surface area (Å²) in [6, 6.07) is 0. The number of carbonyl (C=O) groups is 6. The summed E-state index contributed by atoms with van der Waals surface area (Å²) in [6.45, 7) is 0. The van der Waals surface area contributed by atoms with Crippen molar-refractivity contribution in [2.24, 2.45) is 0 Å². The molecule has 0 saturated carbocycles. The van der Waals surface area contributed by atoms with Gasteiger partial charge in [-0.2, -0.15) is 0 Å². The van der Waals surface area contributed by atoms with Crippen LogP contribution in [0.5, 0.6) is 0 Å². The maximum Gasteiger partial charge on any atom is 0.414 e. The van der Waals surface area contributed by atoms with E-state index in [1.807, 2.05) is 0 Å². The molecule has 0 aliphatic carbocycles. The average molecular weight is 756 g/mol. The van der Waals surface area contributed by atoms with Crippen molar-refractivity contribution in [3.8, 4) is 0 Å². The Bertz CT molecular complexity index is 281. The summed E-state index contributed by atoms with van der Waals surface area (Å²) in [5.41, 5.74) is 0. The first-order valence-electron chi connectivity index (χ1n) is 3.32. The molecule has 12 nitrogen and oxygen atoms in total. The van der Waals surface area contributed by atoms with E-state index in [0.717, 1.165) is 0 Å². The number of rotatable bonds is 0. The molecule has 0 aromatic rings. The fourth-order valence-corrected chi connectivity index (χ4v) is 0. The van der Waals surface area contributed by atoms with Gasteiger partial charge in [0.2, 0.25) is 0 Å². The van der Waals surface area contributed by atoms with E-state index in [-0.39, 0.29) is 28.6 Å². The maximum atomic E-state index is 9.10. The summed E-state index contributed by atoms with van der Waals surface area (Å²) < 4.78 is 0. The van der Waals surface area contributed by atoms with E-state index in [1.165, 1.54) is 0 Å². The first-order valence-corrected chi connectivity index (χ1v) is 3.32. The first-order chi connectivity index (χ1) is 7.93. The molecule has 0 fully saturated rings. The van der Waals surface area contributed by atoms with E-state index in [0.29, 0.717) is 0 Å². The molecule has 0 bridgehead atoms. The molecular formula is C6H6Am2O12. The Labute approximate surface area is 124 Å². The van der Waals surface area contributed by atoms with Crippen LogP contribution in [-0.4, -0.2) is 66.5 Å². The molecule has 14 heteroatoms. The Balaban J connectivity index is -0.0000000536. The quantitative estimate of drug-likeness (QED) is 0.141. The fraction of sp³-hybridized carbons (Fsp3) is 0. The molecule has 0 aliphatic heterocycles. The zero-order valence-electron chi connectivity index (χ0n) is 8.89. The van der Waals surface area contributed by atoms with Gasteiger partial charge in [0.15, 0.2) is 0 Å². The SMILES string of the molecule is O=C(O)C(=O)O.O=C(O)C(=O)O.O=C(O)C(=O)O.[Am].[Am]. The third kappa shape index (κ3) is 36.1. The Morgan fingerprint density at radius 1 is 0.350 bits per heavy atom. The van der Waals surface area contributed by atoms with E-state index >= 15 is 0 Å². The first kappa shape index (κ1) is 30.5. The van der Waals surface area contributed by atoms with Gasteiger partial charge in [-0.3, -0.25) is 0 Å². The van der Waals surface area contributed by atoms with E-state index in [2.05, 4.69) is 0 Å². The molecule has 6 N–H and O–H groups in total. The van der Waals surface area contributed by atoms with Gasteiger partial charge in [-0.05, 0) is 0 Å². The van der Waals surface area contributed by atoms with Crippen LogP contribution in [0.25, 0.3) is 0 Å². The van der Waals surface area contributed by atoms with Gasteiger partial charge in [-0.15, -0.1) is 0 Å². The van der Waals surface area contributed by atoms with Crippen LogP contribution >= 0.6 is 0 Å². The summed E-state index contributed by atoms with van der Waals surface area (Å²) in [6.07, 6.45) is 0. The molecule has 0 heterocycles. The minimum atomic E-state index is -1.82. The molecule has 20 heavy (non-hydrogen) atoms. The second-order valence-electron chi connectivity index (χ2n) is 1.83. The van der Waals surface area contributed by atoms with E-state index in [1.54, 1.807) is 0 Å². The largest absolute Gasteiger partial charge is 0.473 e. The van der Waals surface area contributed by atoms with Gasteiger partial charge in [0.1, 0.15) is 0 Å². The molecule has 116 valence electrons. The summed E-state index contributed by atoms with van der Waals surface area (Å²) in [5, 5.41) is 44.3. The third-order valence-electron chi connectivity index (χ3n) is 0.549. The number of carboxylic acid groups (broad SMARTS) is 6. The molecule has 0 amide bonds. The molecule has 0 aromatic carbocycles. The molecule has 2 radical (unpaired) electrons. The Morgan fingerprint density at radius 3 is 0.400 bits per heavy atom. The number of carboxylic acids is 6. The molecule has 0 atom stereocenters. The molecule has 0 spiro atoms. The Kier molecular flexibility index (Phi) is 25.4. The van der Waals surface area contributed by atoms with Gasteiger partial charge >= 0.3 is 35.8 Å². The van der Waals surface area contributed by atoms with Crippen LogP contribution in [0.2, 0.25) is 0 Å². The Morgan fingerprint density at radius 2 is 0.400 bits per heavy atom. The maximum absolute atomic E-state index is 9.10. The van der Waals surface area contributed by atoms with Crippen molar-refractivity contribution in [1.29, 1.82) is 0 Å². The van der Waals surface area contributed by atoms with Crippen molar-refractivity contribution in [1.82, 2.24) is 0 Å². The van der Waals surface area contributed by atoms with Crippen molar-refractivity contribution in [3.63, 3.8) is 0 Å². The number of aliphatic carboxylic acids is 6. The van der Waals surface area contributed by atoms with Gasteiger partial charge < -0.3 is 30.6 Å². The standard InChI is InChI=1S/3C2H2O4.2Am/c3*3-1(4)2(5)6;;/h3*(H,3,4)(H,5,6);;. The van der Waals surface area contributed by atoms with Crippen LogP contribution in [0.4, 0.5) is 0 Å². The second kappa shape index (κ2) is 16.6. The molecular weight excluding hydrogens is 750 g/mol. The van der Waals surface area contributed by atoms with Crippen LogP contribution in [-0.2, 0) is 28.8 Å². The van der Waals surface area contributed by atoms with Crippen LogP contribution < -0.4 is 0 Å². The van der Waals surface area contributed by atoms with Gasteiger partial charge in [0, 0.05) is 28.6 Å². The van der Waals surface area contributed by atoms with Crippen molar-refractivity contribution in [3.05, 3.63) is 0 Å². The third-order valence-corrected chi connectivity index (χ3v) is 0.549. The predicted octanol–water partition coefficient (Wildman–Crippen LogP) is -2.53. The Hall–Kier alpha value is -2.40.